The summed E-state index contributed by atoms with van der Waals surface area (Å²) in [5, 5.41) is 6.28. The fraction of sp³-hybridized carbons (Fsp3) is 0.158. The Labute approximate surface area is 162 Å². The largest absolute Gasteiger partial charge is 0.435 e. The Morgan fingerprint density at radius 3 is 2.26 bits per heavy atom. The molecular formula is C19H15BrF3N3O. The van der Waals surface area contributed by atoms with Gasteiger partial charge >= 0.3 is 6.18 Å². The quantitative estimate of drug-likeness (QED) is 0.635. The summed E-state index contributed by atoms with van der Waals surface area (Å²) in [7, 11) is 0. The summed E-state index contributed by atoms with van der Waals surface area (Å²) >= 11 is 3.37. The zero-order chi connectivity index (χ0) is 19.4. The number of carbonyl (C=O) groups excluding carboxylic acids is 1. The molecule has 0 aliphatic rings. The van der Waals surface area contributed by atoms with Crippen LogP contribution < -0.4 is 5.32 Å². The summed E-state index contributed by atoms with van der Waals surface area (Å²) in [4.78, 5) is 12.4. The van der Waals surface area contributed by atoms with Gasteiger partial charge in [0, 0.05) is 10.7 Å². The number of aromatic nitrogens is 2. The van der Waals surface area contributed by atoms with Gasteiger partial charge in [-0.05, 0) is 29.3 Å². The molecule has 2 aromatic carbocycles. The summed E-state index contributed by atoms with van der Waals surface area (Å²) in [6, 6.07) is 17.2. The summed E-state index contributed by atoms with van der Waals surface area (Å²) in [6.07, 6.45) is -3.40. The van der Waals surface area contributed by atoms with Gasteiger partial charge in [-0.25, -0.2) is 0 Å². The van der Waals surface area contributed by atoms with Crippen LogP contribution >= 0.6 is 15.9 Å². The lowest BCUT2D eigenvalue weighted by Crippen LogP contribution is -2.32. The van der Waals surface area contributed by atoms with E-state index in [1.54, 1.807) is 0 Å². The number of carbonyl (C=O) groups is 1. The van der Waals surface area contributed by atoms with E-state index in [2.05, 4.69) is 26.3 Å². The van der Waals surface area contributed by atoms with Crippen LogP contribution in [0.15, 0.2) is 71.3 Å². The Balaban J connectivity index is 1.78. The van der Waals surface area contributed by atoms with Crippen molar-refractivity contribution in [1.29, 1.82) is 0 Å². The molecule has 8 heteroatoms. The molecule has 1 aromatic heterocycles. The number of hydrogen-bond acceptors (Lipinski definition) is 2. The lowest BCUT2D eigenvalue weighted by molar-refractivity contribution is -0.141. The van der Waals surface area contributed by atoms with Gasteiger partial charge in [-0.1, -0.05) is 58.4 Å². The van der Waals surface area contributed by atoms with E-state index in [1.807, 2.05) is 54.6 Å². The number of rotatable bonds is 5. The van der Waals surface area contributed by atoms with Gasteiger partial charge in [0.1, 0.15) is 6.54 Å². The molecule has 0 radical (unpaired) electrons. The van der Waals surface area contributed by atoms with Crippen LogP contribution in [0.4, 0.5) is 13.2 Å². The molecule has 4 nitrogen and oxygen atoms in total. The maximum absolute atomic E-state index is 12.6. The first-order valence-electron chi connectivity index (χ1n) is 8.03. The highest BCUT2D eigenvalue weighted by Crippen LogP contribution is 2.27. The number of nitrogens with zero attached hydrogens (tertiary/aromatic N) is 2. The molecule has 3 rings (SSSR count). The van der Waals surface area contributed by atoms with Crippen molar-refractivity contribution in [1.82, 2.24) is 15.1 Å². The molecule has 1 atom stereocenters. The van der Waals surface area contributed by atoms with Crippen molar-refractivity contribution >= 4 is 21.8 Å². The number of benzene rings is 2. The first-order chi connectivity index (χ1) is 12.8. The highest BCUT2D eigenvalue weighted by molar-refractivity contribution is 9.10. The highest BCUT2D eigenvalue weighted by Gasteiger charge is 2.33. The van der Waals surface area contributed by atoms with Crippen molar-refractivity contribution < 1.29 is 18.0 Å². The molecule has 140 valence electrons. The normalized spacial score (nSPS) is 12.6. The first-order valence-corrected chi connectivity index (χ1v) is 8.82. The molecule has 1 amide bonds. The fourth-order valence-electron chi connectivity index (χ4n) is 2.61. The average molecular weight is 438 g/mol. The minimum atomic E-state index is -4.54. The second-order valence-corrected chi connectivity index (χ2v) is 6.77. The van der Waals surface area contributed by atoms with Crippen LogP contribution in [0.5, 0.6) is 0 Å². The molecule has 1 N–H and O–H groups in total. The van der Waals surface area contributed by atoms with Crippen molar-refractivity contribution in [2.75, 3.05) is 0 Å². The topological polar surface area (TPSA) is 46.9 Å². The third-order valence-electron chi connectivity index (χ3n) is 3.88. The lowest BCUT2D eigenvalue weighted by atomic mass is 9.99. The second-order valence-electron chi connectivity index (χ2n) is 5.86. The standard InChI is InChI=1S/C19H15BrF3N3O/c20-15-8-6-14(7-9-15)18(13-4-2-1-3-5-13)24-17(27)12-26-11-10-16(25-26)19(21,22)23/h1-11,18H,12H2,(H,24,27). The van der Waals surface area contributed by atoms with Gasteiger partial charge in [0.05, 0.1) is 6.04 Å². The third-order valence-corrected chi connectivity index (χ3v) is 4.41. The van der Waals surface area contributed by atoms with E-state index in [4.69, 9.17) is 0 Å². The van der Waals surface area contributed by atoms with Gasteiger partial charge in [-0.3, -0.25) is 9.48 Å². The van der Waals surface area contributed by atoms with Crippen LogP contribution in [-0.4, -0.2) is 15.7 Å². The molecule has 0 saturated carbocycles. The van der Waals surface area contributed by atoms with Gasteiger partial charge in [-0.2, -0.15) is 18.3 Å². The molecule has 0 spiro atoms. The monoisotopic (exact) mass is 437 g/mol. The number of alkyl halides is 3. The molecule has 0 saturated heterocycles. The van der Waals surface area contributed by atoms with Crippen molar-refractivity contribution in [3.05, 3.63) is 88.2 Å². The summed E-state index contributed by atoms with van der Waals surface area (Å²) < 4.78 is 39.8. The van der Waals surface area contributed by atoms with E-state index in [9.17, 15) is 18.0 Å². The highest BCUT2D eigenvalue weighted by atomic mass is 79.9. The van der Waals surface area contributed by atoms with Crippen molar-refractivity contribution in [2.24, 2.45) is 0 Å². The Morgan fingerprint density at radius 1 is 1.04 bits per heavy atom. The predicted molar refractivity (Wildman–Crippen MR) is 97.8 cm³/mol. The number of nitrogens with one attached hydrogen (secondary N) is 1. The molecule has 0 aliphatic heterocycles. The first kappa shape index (κ1) is 19.2. The van der Waals surface area contributed by atoms with E-state index in [0.29, 0.717) is 0 Å². The van der Waals surface area contributed by atoms with Gasteiger partial charge < -0.3 is 5.32 Å². The maximum atomic E-state index is 12.6. The summed E-state index contributed by atoms with van der Waals surface area (Å²) in [5.74, 6) is -0.441. The van der Waals surface area contributed by atoms with Gasteiger partial charge in [0.25, 0.3) is 0 Å². The second kappa shape index (κ2) is 7.96. The van der Waals surface area contributed by atoms with Crippen molar-refractivity contribution in [2.45, 2.75) is 18.8 Å². The molecule has 1 unspecified atom stereocenters. The zero-order valence-electron chi connectivity index (χ0n) is 13.9. The van der Waals surface area contributed by atoms with Crippen LogP contribution in [0, 0.1) is 0 Å². The van der Waals surface area contributed by atoms with Gasteiger partial charge in [0.2, 0.25) is 5.91 Å². The zero-order valence-corrected chi connectivity index (χ0v) is 15.5. The molecular weight excluding hydrogens is 423 g/mol. The van der Waals surface area contributed by atoms with Crippen molar-refractivity contribution in [3.8, 4) is 0 Å². The predicted octanol–water partition coefficient (Wildman–Crippen LogP) is 4.57. The minimum absolute atomic E-state index is 0.310. The molecule has 1 heterocycles. The molecule has 0 aliphatic carbocycles. The third kappa shape index (κ3) is 4.97. The SMILES string of the molecule is O=C(Cn1ccc(C(F)(F)F)n1)NC(c1ccccc1)c1ccc(Br)cc1. The van der Waals surface area contributed by atoms with Crippen LogP contribution in [0.2, 0.25) is 0 Å². The van der Waals surface area contributed by atoms with Crippen LogP contribution in [0.25, 0.3) is 0 Å². The van der Waals surface area contributed by atoms with Crippen molar-refractivity contribution in [3.63, 3.8) is 0 Å². The number of amides is 1. The molecule has 0 fully saturated rings. The summed E-state index contributed by atoms with van der Waals surface area (Å²) in [6.45, 7) is -0.310. The van der Waals surface area contributed by atoms with E-state index < -0.39 is 23.8 Å². The van der Waals surface area contributed by atoms with Gasteiger partial charge in [-0.15, -0.1) is 0 Å². The Bertz CT molecular complexity index is 908. The summed E-state index contributed by atoms with van der Waals surface area (Å²) in [5.41, 5.74) is 0.696. The van der Waals surface area contributed by atoms with Gasteiger partial charge in [0.15, 0.2) is 5.69 Å². The minimum Gasteiger partial charge on any atom is -0.344 e. The molecule has 3 aromatic rings. The molecule has 0 bridgehead atoms. The smallest absolute Gasteiger partial charge is 0.344 e. The number of halogens is 4. The van der Waals surface area contributed by atoms with Crippen LogP contribution in [0.3, 0.4) is 0 Å². The Morgan fingerprint density at radius 2 is 1.67 bits per heavy atom. The molecule has 27 heavy (non-hydrogen) atoms. The van der Waals surface area contributed by atoms with E-state index >= 15 is 0 Å². The Kier molecular flexibility index (Phi) is 5.65. The fourth-order valence-corrected chi connectivity index (χ4v) is 2.88. The average Bonchev–Trinajstić information content (AvgIpc) is 3.10. The van der Waals surface area contributed by atoms with E-state index in [-0.39, 0.29) is 6.54 Å². The maximum Gasteiger partial charge on any atom is 0.435 e. The lowest BCUT2D eigenvalue weighted by Gasteiger charge is -2.20. The Hall–Kier alpha value is -2.61. The van der Waals surface area contributed by atoms with E-state index in [0.717, 1.165) is 32.5 Å². The van der Waals surface area contributed by atoms with E-state index in [1.165, 1.54) is 0 Å². The van der Waals surface area contributed by atoms with Crippen LogP contribution in [0.1, 0.15) is 22.9 Å². The van der Waals surface area contributed by atoms with Crippen LogP contribution in [-0.2, 0) is 17.5 Å². The number of hydrogen-bond donors (Lipinski definition) is 1.